The Hall–Kier alpha value is -0.543. The standard InChI is InChI=1S/C16H32N2O4.Li/c1-3-4-5-6-7-8-15(20)17-10-12-18(13-14(2)19)11-9-16(21)22;/h14,19H,3-13H2,1-2H3,(H,17,20)(H,21,22);/q;+1/p-1. The second-order valence-corrected chi connectivity index (χ2v) is 5.73. The summed E-state index contributed by atoms with van der Waals surface area (Å²) in [5, 5.41) is 29.7. The van der Waals surface area contributed by atoms with E-state index in [1.54, 1.807) is 6.92 Å². The number of aliphatic hydroxyl groups excluding tert-OH is 1. The van der Waals surface area contributed by atoms with Crippen molar-refractivity contribution in [1.29, 1.82) is 0 Å². The number of hydrogen-bond donors (Lipinski definition) is 2. The van der Waals surface area contributed by atoms with Crippen molar-refractivity contribution in [3.63, 3.8) is 0 Å². The zero-order valence-electron chi connectivity index (χ0n) is 15.0. The second-order valence-electron chi connectivity index (χ2n) is 5.73. The van der Waals surface area contributed by atoms with E-state index in [1.807, 2.05) is 4.90 Å². The Labute approximate surface area is 152 Å². The van der Waals surface area contributed by atoms with Gasteiger partial charge in [-0.05, 0) is 25.7 Å². The average Bonchev–Trinajstić information content (AvgIpc) is 2.43. The van der Waals surface area contributed by atoms with Gasteiger partial charge in [0.1, 0.15) is 0 Å². The van der Waals surface area contributed by atoms with Crippen molar-refractivity contribution in [1.82, 2.24) is 4.90 Å². The van der Waals surface area contributed by atoms with Crippen molar-refractivity contribution >= 4 is 11.9 Å². The normalized spacial score (nSPS) is 13.0. The third-order valence-corrected chi connectivity index (χ3v) is 3.36. The molecule has 1 unspecified atom stereocenters. The predicted octanol–water partition coefficient (Wildman–Crippen LogP) is -1.73. The average molecular weight is 322 g/mol. The minimum absolute atomic E-state index is 0. The molecule has 0 aliphatic heterocycles. The van der Waals surface area contributed by atoms with Gasteiger partial charge in [0.2, 0.25) is 0 Å². The number of aliphatic carboxylic acids is 1. The van der Waals surface area contributed by atoms with Crippen molar-refractivity contribution in [2.75, 3.05) is 26.2 Å². The van der Waals surface area contributed by atoms with Crippen LogP contribution in [0.2, 0.25) is 0 Å². The molecule has 2 N–H and O–H groups in total. The summed E-state index contributed by atoms with van der Waals surface area (Å²) >= 11 is 0. The van der Waals surface area contributed by atoms with Crippen molar-refractivity contribution in [2.45, 2.75) is 64.9 Å². The van der Waals surface area contributed by atoms with Gasteiger partial charge in [0.15, 0.2) is 0 Å². The first-order chi connectivity index (χ1) is 10.5. The minimum Gasteiger partial charge on any atom is -0.862 e. The second kappa shape index (κ2) is 16.3. The van der Waals surface area contributed by atoms with E-state index in [4.69, 9.17) is 5.11 Å². The van der Waals surface area contributed by atoms with Crippen LogP contribution in [0.15, 0.2) is 4.99 Å². The quantitative estimate of drug-likeness (QED) is 0.171. The van der Waals surface area contributed by atoms with Crippen LogP contribution in [0.3, 0.4) is 0 Å². The van der Waals surface area contributed by atoms with Gasteiger partial charge in [-0.3, -0.25) is 9.69 Å². The summed E-state index contributed by atoms with van der Waals surface area (Å²) in [6.45, 7) is 5.44. The van der Waals surface area contributed by atoms with E-state index >= 15 is 0 Å². The molecule has 0 saturated heterocycles. The number of carboxylic acids is 1. The Balaban J connectivity index is 0. The van der Waals surface area contributed by atoms with E-state index in [9.17, 15) is 15.0 Å². The molecule has 0 fully saturated rings. The van der Waals surface area contributed by atoms with Crippen molar-refractivity contribution < 1.29 is 39.0 Å². The minimum atomic E-state index is -0.865. The molecule has 130 valence electrons. The number of aliphatic imine (C=N–C) groups is 1. The van der Waals surface area contributed by atoms with Crippen LogP contribution in [0.25, 0.3) is 0 Å². The molecule has 6 nitrogen and oxygen atoms in total. The summed E-state index contributed by atoms with van der Waals surface area (Å²) in [6, 6.07) is 0. The molecule has 0 aliphatic rings. The van der Waals surface area contributed by atoms with Crippen LogP contribution in [-0.4, -0.2) is 59.3 Å². The molecule has 0 aromatic rings. The Morgan fingerprint density at radius 2 is 1.83 bits per heavy atom. The van der Waals surface area contributed by atoms with Crippen molar-refractivity contribution in [3.05, 3.63) is 0 Å². The maximum absolute atomic E-state index is 11.6. The fourth-order valence-corrected chi connectivity index (χ4v) is 2.20. The van der Waals surface area contributed by atoms with Gasteiger partial charge in [0, 0.05) is 19.6 Å². The van der Waals surface area contributed by atoms with Gasteiger partial charge in [-0.25, -0.2) is 0 Å². The van der Waals surface area contributed by atoms with E-state index in [0.717, 1.165) is 12.8 Å². The maximum Gasteiger partial charge on any atom is 1.00 e. The Morgan fingerprint density at radius 1 is 1.17 bits per heavy atom. The first-order valence-electron chi connectivity index (χ1n) is 8.28. The molecule has 0 saturated carbocycles. The molecule has 0 amide bonds. The summed E-state index contributed by atoms with van der Waals surface area (Å²) in [5.41, 5.74) is 0. The maximum atomic E-state index is 11.6. The van der Waals surface area contributed by atoms with Crippen molar-refractivity contribution in [2.24, 2.45) is 4.99 Å². The van der Waals surface area contributed by atoms with Crippen LogP contribution >= 0.6 is 0 Å². The summed E-state index contributed by atoms with van der Waals surface area (Å²) < 4.78 is 0. The fraction of sp³-hybridized carbons (Fsp3) is 0.875. The van der Waals surface area contributed by atoms with Crippen LogP contribution in [0.4, 0.5) is 0 Å². The molecule has 0 aromatic heterocycles. The van der Waals surface area contributed by atoms with Crippen LogP contribution in [0, 0.1) is 0 Å². The SMILES string of the molecule is CCCCCCCC([O-])=NCCN(CCC(=O)O)CC(C)O.[Li+]. The Kier molecular flexibility index (Phi) is 17.5. The molecule has 0 heterocycles. The number of hydrogen-bond acceptors (Lipinski definition) is 5. The predicted molar refractivity (Wildman–Crippen MR) is 86.1 cm³/mol. The number of carboxylic acid groups (broad SMARTS) is 1. The Morgan fingerprint density at radius 3 is 2.39 bits per heavy atom. The van der Waals surface area contributed by atoms with Crippen LogP contribution in [0.1, 0.15) is 58.8 Å². The largest absolute Gasteiger partial charge is 1.00 e. The van der Waals surface area contributed by atoms with Gasteiger partial charge in [0.05, 0.1) is 19.1 Å². The Bertz CT molecular complexity index is 325. The molecule has 0 radical (unpaired) electrons. The molecular formula is C16H31LiN2O4. The first kappa shape index (κ1) is 24.7. The van der Waals surface area contributed by atoms with Crippen LogP contribution < -0.4 is 24.0 Å². The summed E-state index contributed by atoms with van der Waals surface area (Å²) in [4.78, 5) is 16.4. The van der Waals surface area contributed by atoms with E-state index in [2.05, 4.69) is 11.9 Å². The number of carbonyl (C=O) groups is 1. The molecular weight excluding hydrogens is 291 g/mol. The monoisotopic (exact) mass is 322 g/mol. The molecule has 0 aromatic carbocycles. The van der Waals surface area contributed by atoms with Gasteiger partial charge < -0.3 is 20.3 Å². The molecule has 0 aliphatic carbocycles. The van der Waals surface area contributed by atoms with Crippen LogP contribution in [-0.2, 0) is 4.79 Å². The molecule has 23 heavy (non-hydrogen) atoms. The molecule has 1 atom stereocenters. The number of aliphatic hydroxyl groups is 1. The topological polar surface area (TPSA) is 96.2 Å². The number of nitrogens with zero attached hydrogens (tertiary/aromatic N) is 2. The van der Waals surface area contributed by atoms with E-state index < -0.39 is 12.1 Å². The smallest absolute Gasteiger partial charge is 0.862 e. The summed E-state index contributed by atoms with van der Waals surface area (Å²) in [7, 11) is 0. The molecule has 0 rings (SSSR count). The van der Waals surface area contributed by atoms with E-state index in [-0.39, 0.29) is 31.2 Å². The third-order valence-electron chi connectivity index (χ3n) is 3.36. The zero-order valence-corrected chi connectivity index (χ0v) is 15.0. The van der Waals surface area contributed by atoms with E-state index in [0.29, 0.717) is 32.6 Å². The van der Waals surface area contributed by atoms with Crippen molar-refractivity contribution in [3.8, 4) is 0 Å². The number of rotatable bonds is 14. The third kappa shape index (κ3) is 17.6. The number of unbranched alkanes of at least 4 members (excludes halogenated alkanes) is 4. The van der Waals surface area contributed by atoms with Gasteiger partial charge in [-0.2, -0.15) is 0 Å². The zero-order chi connectivity index (χ0) is 16.8. The summed E-state index contributed by atoms with van der Waals surface area (Å²) in [6.07, 6.45) is 5.52. The molecule has 0 spiro atoms. The van der Waals surface area contributed by atoms with Crippen LogP contribution in [0.5, 0.6) is 0 Å². The van der Waals surface area contributed by atoms with Gasteiger partial charge in [-0.15, -0.1) is 0 Å². The molecule has 7 heteroatoms. The van der Waals surface area contributed by atoms with Gasteiger partial charge in [0.25, 0.3) is 0 Å². The fourth-order valence-electron chi connectivity index (χ4n) is 2.20. The van der Waals surface area contributed by atoms with Gasteiger partial charge in [-0.1, -0.05) is 32.6 Å². The van der Waals surface area contributed by atoms with E-state index in [1.165, 1.54) is 19.3 Å². The first-order valence-corrected chi connectivity index (χ1v) is 8.28. The molecule has 0 bridgehead atoms. The summed E-state index contributed by atoms with van der Waals surface area (Å²) in [5.74, 6) is -0.942. The van der Waals surface area contributed by atoms with Gasteiger partial charge >= 0.3 is 24.8 Å².